The number of hydrazine groups is 1. The number of nitro benzene ring substituents is 1. The van der Waals surface area contributed by atoms with E-state index in [0.717, 1.165) is 0 Å². The number of nitrogens with two attached hydrogens (primary N) is 1. The van der Waals surface area contributed by atoms with E-state index in [1.165, 1.54) is 63.8 Å². The zero-order valence-corrected chi connectivity index (χ0v) is 16.4. The summed E-state index contributed by atoms with van der Waals surface area (Å²) in [6, 6.07) is 8.33. The molecule has 2 aromatic carbocycles. The van der Waals surface area contributed by atoms with E-state index >= 15 is 0 Å². The van der Waals surface area contributed by atoms with Crippen LogP contribution in [0, 0.1) is 10.1 Å². The molecule has 11 nitrogen and oxygen atoms in total. The highest BCUT2D eigenvalue weighted by atomic mass is 16.6. The molecule has 0 heterocycles. The summed E-state index contributed by atoms with van der Waals surface area (Å²) >= 11 is 0. The number of carbonyl (C=O) groups excluding carboxylic acids is 2. The monoisotopic (exact) mass is 416 g/mol. The van der Waals surface area contributed by atoms with Crippen LogP contribution in [-0.2, 0) is 4.79 Å². The Morgan fingerprint density at radius 3 is 2.20 bits per heavy atom. The van der Waals surface area contributed by atoms with E-state index in [4.69, 9.17) is 20.1 Å². The van der Waals surface area contributed by atoms with Gasteiger partial charge in [0, 0.05) is 17.7 Å². The van der Waals surface area contributed by atoms with Crippen molar-refractivity contribution in [2.75, 3.05) is 21.3 Å². The van der Waals surface area contributed by atoms with Crippen molar-refractivity contribution in [2.24, 2.45) is 5.84 Å². The van der Waals surface area contributed by atoms with Gasteiger partial charge in [0.25, 0.3) is 17.5 Å². The molecule has 2 rings (SSSR count). The molecule has 0 atom stereocenters. The molecule has 0 unspecified atom stereocenters. The lowest BCUT2D eigenvalue weighted by atomic mass is 10.1. The normalized spacial score (nSPS) is 10.7. The second-order valence-corrected chi connectivity index (χ2v) is 5.75. The van der Waals surface area contributed by atoms with Crippen LogP contribution < -0.4 is 30.8 Å². The summed E-state index contributed by atoms with van der Waals surface area (Å²) in [6.07, 6.45) is 1.26. The van der Waals surface area contributed by atoms with Gasteiger partial charge in [0.1, 0.15) is 5.70 Å². The van der Waals surface area contributed by atoms with E-state index in [-0.39, 0.29) is 28.4 Å². The minimum Gasteiger partial charge on any atom is -0.493 e. The van der Waals surface area contributed by atoms with Crippen molar-refractivity contribution in [1.82, 2.24) is 10.7 Å². The number of ether oxygens (including phenoxy) is 3. The molecule has 4 N–H and O–H groups in total. The maximum Gasteiger partial charge on any atom is 0.281 e. The molecule has 2 aromatic rings. The summed E-state index contributed by atoms with van der Waals surface area (Å²) in [5.41, 5.74) is 1.94. The molecule has 0 aromatic heterocycles. The number of nitrogens with one attached hydrogen (secondary N) is 2. The smallest absolute Gasteiger partial charge is 0.281 e. The fraction of sp³-hybridized carbons (Fsp3) is 0.158. The number of nitrogens with zero attached hydrogens (tertiary/aromatic N) is 1. The van der Waals surface area contributed by atoms with Crippen LogP contribution >= 0.6 is 0 Å². The highest BCUT2D eigenvalue weighted by Crippen LogP contribution is 2.38. The molecular formula is C19H20N4O7. The van der Waals surface area contributed by atoms with Gasteiger partial charge in [-0.2, -0.15) is 0 Å². The standard InChI is InChI=1S/C19H20N4O7/c1-28-15-9-12(10-16(29-2)17(15)30-3)18(24)21-14(19(25)22-20)8-11-5-4-6-13(7-11)23(26)27/h4-10H,20H2,1-3H3,(H,21,24)(H,22,25). The van der Waals surface area contributed by atoms with Crippen molar-refractivity contribution >= 4 is 23.6 Å². The lowest BCUT2D eigenvalue weighted by Crippen LogP contribution is -2.38. The average molecular weight is 416 g/mol. The van der Waals surface area contributed by atoms with Gasteiger partial charge < -0.3 is 19.5 Å². The number of nitro groups is 1. The lowest BCUT2D eigenvalue weighted by Gasteiger charge is -2.14. The van der Waals surface area contributed by atoms with Crippen LogP contribution in [-0.4, -0.2) is 38.1 Å². The van der Waals surface area contributed by atoms with Gasteiger partial charge in [0.2, 0.25) is 5.75 Å². The van der Waals surface area contributed by atoms with E-state index in [2.05, 4.69) is 5.32 Å². The quantitative estimate of drug-likeness (QED) is 0.192. The topological polar surface area (TPSA) is 155 Å². The van der Waals surface area contributed by atoms with Crippen LogP contribution in [0.2, 0.25) is 0 Å². The molecule has 0 spiro atoms. The maximum atomic E-state index is 12.7. The molecule has 0 saturated heterocycles. The Bertz CT molecular complexity index is 979. The van der Waals surface area contributed by atoms with E-state index in [1.807, 2.05) is 5.43 Å². The number of rotatable bonds is 8. The zero-order valence-electron chi connectivity index (χ0n) is 16.4. The molecule has 0 aliphatic heterocycles. The van der Waals surface area contributed by atoms with Crippen molar-refractivity contribution in [1.29, 1.82) is 0 Å². The lowest BCUT2D eigenvalue weighted by molar-refractivity contribution is -0.384. The summed E-state index contributed by atoms with van der Waals surface area (Å²) in [5.74, 6) is 4.50. The zero-order chi connectivity index (χ0) is 22.3. The van der Waals surface area contributed by atoms with Crippen LogP contribution in [0.25, 0.3) is 6.08 Å². The first-order valence-electron chi connectivity index (χ1n) is 8.43. The number of hydrogen-bond donors (Lipinski definition) is 3. The summed E-state index contributed by atoms with van der Waals surface area (Å²) in [6.45, 7) is 0. The molecule has 11 heteroatoms. The van der Waals surface area contributed by atoms with Crippen LogP contribution in [0.5, 0.6) is 17.2 Å². The molecule has 2 amide bonds. The van der Waals surface area contributed by atoms with Gasteiger partial charge >= 0.3 is 0 Å². The predicted molar refractivity (Wildman–Crippen MR) is 107 cm³/mol. The van der Waals surface area contributed by atoms with Crippen molar-refractivity contribution < 1.29 is 28.7 Å². The maximum absolute atomic E-state index is 12.7. The third-order valence-corrected chi connectivity index (χ3v) is 3.94. The molecule has 0 aliphatic carbocycles. The van der Waals surface area contributed by atoms with Crippen LogP contribution in [0.4, 0.5) is 5.69 Å². The number of non-ortho nitro benzene ring substituents is 1. The highest BCUT2D eigenvalue weighted by molar-refractivity contribution is 6.05. The van der Waals surface area contributed by atoms with Crippen LogP contribution in [0.1, 0.15) is 15.9 Å². The van der Waals surface area contributed by atoms with Gasteiger partial charge in [-0.05, 0) is 23.8 Å². The minimum absolute atomic E-state index is 0.110. The minimum atomic E-state index is -0.803. The Balaban J connectivity index is 2.42. The summed E-state index contributed by atoms with van der Waals surface area (Å²) < 4.78 is 15.6. The number of carbonyl (C=O) groups is 2. The van der Waals surface area contributed by atoms with Gasteiger partial charge in [0.15, 0.2) is 11.5 Å². The molecule has 30 heavy (non-hydrogen) atoms. The van der Waals surface area contributed by atoms with Crippen LogP contribution in [0.15, 0.2) is 42.1 Å². The Kier molecular flexibility index (Phi) is 7.31. The number of hydrogen-bond acceptors (Lipinski definition) is 8. The molecule has 0 aliphatic rings. The first-order valence-corrected chi connectivity index (χ1v) is 8.43. The molecule has 0 bridgehead atoms. The van der Waals surface area contributed by atoms with Crippen molar-refractivity contribution in [3.8, 4) is 17.2 Å². The Hall–Kier alpha value is -4.12. The summed E-state index contributed by atoms with van der Waals surface area (Å²) in [5, 5.41) is 13.4. The van der Waals surface area contributed by atoms with Gasteiger partial charge in [-0.25, -0.2) is 5.84 Å². The first kappa shape index (κ1) is 22.2. The average Bonchev–Trinajstić information content (AvgIpc) is 2.76. The molecule has 0 radical (unpaired) electrons. The van der Waals surface area contributed by atoms with Crippen LogP contribution in [0.3, 0.4) is 0 Å². The van der Waals surface area contributed by atoms with Crippen molar-refractivity contribution in [2.45, 2.75) is 0 Å². The fourth-order valence-electron chi connectivity index (χ4n) is 2.54. The van der Waals surface area contributed by atoms with E-state index in [9.17, 15) is 19.7 Å². The molecule has 158 valence electrons. The highest BCUT2D eigenvalue weighted by Gasteiger charge is 2.19. The van der Waals surface area contributed by atoms with Crippen molar-refractivity contribution in [3.05, 3.63) is 63.3 Å². The number of amides is 2. The van der Waals surface area contributed by atoms with Crippen molar-refractivity contribution in [3.63, 3.8) is 0 Å². The Morgan fingerprint density at radius 1 is 1.07 bits per heavy atom. The Labute approximate surface area is 171 Å². The summed E-state index contributed by atoms with van der Waals surface area (Å²) in [4.78, 5) is 35.2. The second kappa shape index (κ2) is 9.89. The Morgan fingerprint density at radius 2 is 1.70 bits per heavy atom. The van der Waals surface area contributed by atoms with E-state index in [1.54, 1.807) is 0 Å². The molecule has 0 saturated carbocycles. The number of methoxy groups -OCH3 is 3. The van der Waals surface area contributed by atoms with Gasteiger partial charge in [-0.3, -0.25) is 25.1 Å². The van der Waals surface area contributed by atoms with Gasteiger partial charge in [-0.1, -0.05) is 12.1 Å². The molecule has 0 fully saturated rings. The van der Waals surface area contributed by atoms with Gasteiger partial charge in [-0.15, -0.1) is 0 Å². The number of benzene rings is 2. The predicted octanol–water partition coefficient (Wildman–Crippen LogP) is 1.38. The largest absolute Gasteiger partial charge is 0.493 e. The van der Waals surface area contributed by atoms with E-state index in [0.29, 0.717) is 11.3 Å². The summed E-state index contributed by atoms with van der Waals surface area (Å²) in [7, 11) is 4.22. The first-order chi connectivity index (χ1) is 14.3. The molecular weight excluding hydrogens is 396 g/mol. The second-order valence-electron chi connectivity index (χ2n) is 5.75. The SMILES string of the molecule is COc1cc(C(=O)NC(=Cc2cccc([N+](=O)[O-])c2)C(=O)NN)cc(OC)c1OC. The third kappa shape index (κ3) is 5.02. The third-order valence-electron chi connectivity index (χ3n) is 3.94. The van der Waals surface area contributed by atoms with Gasteiger partial charge in [0.05, 0.1) is 26.3 Å². The van der Waals surface area contributed by atoms with E-state index < -0.39 is 16.7 Å². The fourth-order valence-corrected chi connectivity index (χ4v) is 2.54.